The van der Waals surface area contributed by atoms with Crippen molar-refractivity contribution in [1.29, 1.82) is 0 Å². The molecule has 1 aromatic carbocycles. The molecule has 8 heteroatoms. The molecule has 0 aliphatic carbocycles. The molecule has 1 N–H and O–H groups in total. The van der Waals surface area contributed by atoms with Crippen LogP contribution in [0.4, 0.5) is 0 Å². The first-order chi connectivity index (χ1) is 13.6. The summed E-state index contributed by atoms with van der Waals surface area (Å²) in [4.78, 5) is 25.3. The van der Waals surface area contributed by atoms with E-state index in [1.54, 1.807) is 0 Å². The van der Waals surface area contributed by atoms with Gasteiger partial charge in [-0.25, -0.2) is 0 Å². The van der Waals surface area contributed by atoms with Gasteiger partial charge < -0.3 is 14.6 Å². The Kier molecular flexibility index (Phi) is 6.76. The Labute approximate surface area is 164 Å². The number of fused-ring (bicyclic) bond motifs is 1. The molecule has 0 bridgehead atoms. The summed E-state index contributed by atoms with van der Waals surface area (Å²) in [5, 5.41) is 15.6. The van der Waals surface area contributed by atoms with E-state index < -0.39 is 0 Å². The normalized spacial score (nSPS) is 19.3. The highest BCUT2D eigenvalue weighted by atomic mass is 16.3. The minimum Gasteiger partial charge on any atom is -0.483 e. The molecule has 0 unspecified atom stereocenters. The quantitative estimate of drug-likeness (QED) is 0.813. The van der Waals surface area contributed by atoms with Crippen LogP contribution in [0, 0.1) is 0 Å². The lowest BCUT2D eigenvalue weighted by atomic mass is 10.1. The summed E-state index contributed by atoms with van der Waals surface area (Å²) in [6.07, 6.45) is 3.70. The number of amides is 1. The number of hydrogen-bond donors (Lipinski definition) is 1. The molecule has 1 fully saturated rings. The molecule has 1 amide bonds. The van der Waals surface area contributed by atoms with Crippen molar-refractivity contribution in [2.24, 2.45) is 0 Å². The predicted molar refractivity (Wildman–Crippen MR) is 105 cm³/mol. The molecule has 4 rings (SSSR count). The van der Waals surface area contributed by atoms with Crippen LogP contribution in [0.25, 0.3) is 11.4 Å². The van der Waals surface area contributed by atoms with Gasteiger partial charge >= 0.3 is 0 Å². The molecule has 0 radical (unpaired) electrons. The topological polar surface area (TPSA) is 91.6 Å². The molecule has 1 aromatic heterocycles. The van der Waals surface area contributed by atoms with E-state index in [1.807, 2.05) is 23.1 Å². The number of carbonyl (C=O) groups excluding carboxylic acids is 1. The lowest BCUT2D eigenvalue weighted by molar-refractivity contribution is -0.134. The first kappa shape index (κ1) is 20.0. The lowest BCUT2D eigenvalue weighted by Crippen LogP contribution is -2.46. The van der Waals surface area contributed by atoms with Crippen molar-refractivity contribution < 1.29 is 14.7 Å². The number of piperidine rings is 1. The first-order valence-corrected chi connectivity index (χ1v) is 9.71. The first-order valence-electron chi connectivity index (χ1n) is 9.71. The summed E-state index contributed by atoms with van der Waals surface area (Å²) in [5.74, 6) is 1.99. The minimum atomic E-state index is -0.250. The number of carbonyl (C=O) groups is 2. The summed E-state index contributed by atoms with van der Waals surface area (Å²) in [6, 6.07) is 10.3. The van der Waals surface area contributed by atoms with Gasteiger partial charge in [-0.05, 0) is 32.9 Å². The van der Waals surface area contributed by atoms with Crippen LogP contribution in [0.2, 0.25) is 0 Å². The zero-order chi connectivity index (χ0) is 19.9. The molecule has 28 heavy (non-hydrogen) atoms. The smallest absolute Gasteiger partial charge is 0.290 e. The molecular formula is C20H27N5O3. The zero-order valence-corrected chi connectivity index (χ0v) is 16.2. The second-order valence-corrected chi connectivity index (χ2v) is 7.24. The predicted octanol–water partition coefficient (Wildman–Crippen LogP) is 2.03. The number of likely N-dealkylation sites (tertiary alicyclic amines) is 1. The maximum Gasteiger partial charge on any atom is 0.290 e. The van der Waals surface area contributed by atoms with Crippen molar-refractivity contribution >= 4 is 12.4 Å². The van der Waals surface area contributed by atoms with Crippen molar-refractivity contribution in [2.45, 2.75) is 38.8 Å². The van der Waals surface area contributed by atoms with Crippen LogP contribution < -0.4 is 0 Å². The van der Waals surface area contributed by atoms with Crippen LogP contribution in [0.15, 0.2) is 30.3 Å². The van der Waals surface area contributed by atoms with Gasteiger partial charge in [0, 0.05) is 12.1 Å². The van der Waals surface area contributed by atoms with Gasteiger partial charge in [-0.2, -0.15) is 0 Å². The van der Waals surface area contributed by atoms with E-state index in [2.05, 4.69) is 38.7 Å². The fraction of sp³-hybridized carbons (Fsp3) is 0.500. The van der Waals surface area contributed by atoms with Crippen molar-refractivity contribution in [3.63, 3.8) is 0 Å². The summed E-state index contributed by atoms with van der Waals surface area (Å²) < 4.78 is 2.18. The maximum absolute atomic E-state index is 12.7. The second-order valence-electron chi connectivity index (χ2n) is 7.24. The summed E-state index contributed by atoms with van der Waals surface area (Å²) in [7, 11) is 0. The van der Waals surface area contributed by atoms with Crippen LogP contribution >= 0.6 is 0 Å². The van der Waals surface area contributed by atoms with E-state index in [1.165, 1.54) is 19.3 Å². The van der Waals surface area contributed by atoms with E-state index in [4.69, 9.17) is 9.90 Å². The molecule has 2 aliphatic heterocycles. The molecule has 1 saturated heterocycles. The fourth-order valence-corrected chi connectivity index (χ4v) is 3.91. The summed E-state index contributed by atoms with van der Waals surface area (Å²) in [5.41, 5.74) is 1.07. The molecular weight excluding hydrogens is 358 g/mol. The van der Waals surface area contributed by atoms with Gasteiger partial charge in [0.2, 0.25) is 5.91 Å². The number of hydrogen-bond acceptors (Lipinski definition) is 5. The highest BCUT2D eigenvalue weighted by Crippen LogP contribution is 2.27. The van der Waals surface area contributed by atoms with Gasteiger partial charge in [0.25, 0.3) is 6.47 Å². The largest absolute Gasteiger partial charge is 0.483 e. The van der Waals surface area contributed by atoms with Crippen molar-refractivity contribution in [2.75, 3.05) is 26.2 Å². The number of carboxylic acid groups (broad SMARTS) is 1. The Morgan fingerprint density at radius 2 is 1.86 bits per heavy atom. The highest BCUT2D eigenvalue weighted by molar-refractivity contribution is 5.78. The SMILES string of the molecule is C[C@H]1CN(C(=O)CN2CCCCC2)Cc2nnc(-c3ccccc3)n21.O=CO. The molecule has 2 aromatic rings. The van der Waals surface area contributed by atoms with Crippen LogP contribution in [0.3, 0.4) is 0 Å². The number of benzene rings is 1. The van der Waals surface area contributed by atoms with Gasteiger partial charge in [0.15, 0.2) is 11.6 Å². The molecule has 1 atom stereocenters. The minimum absolute atomic E-state index is 0.180. The van der Waals surface area contributed by atoms with Crippen molar-refractivity contribution in [3.8, 4) is 11.4 Å². The fourth-order valence-electron chi connectivity index (χ4n) is 3.91. The van der Waals surface area contributed by atoms with Gasteiger partial charge in [-0.1, -0.05) is 36.8 Å². The van der Waals surface area contributed by atoms with Gasteiger partial charge in [-0.15, -0.1) is 10.2 Å². The summed E-state index contributed by atoms with van der Waals surface area (Å²) in [6.45, 7) is 5.79. The molecule has 150 valence electrons. The summed E-state index contributed by atoms with van der Waals surface area (Å²) >= 11 is 0. The lowest BCUT2D eigenvalue weighted by Gasteiger charge is -2.34. The second kappa shape index (κ2) is 9.45. The van der Waals surface area contributed by atoms with Crippen LogP contribution in [0.5, 0.6) is 0 Å². The van der Waals surface area contributed by atoms with Crippen molar-refractivity contribution in [1.82, 2.24) is 24.6 Å². The van der Waals surface area contributed by atoms with Crippen molar-refractivity contribution in [3.05, 3.63) is 36.2 Å². The average molecular weight is 385 g/mol. The zero-order valence-electron chi connectivity index (χ0n) is 16.2. The van der Waals surface area contributed by atoms with Crippen LogP contribution in [-0.4, -0.2) is 68.2 Å². The van der Waals surface area contributed by atoms with E-state index >= 15 is 0 Å². The van der Waals surface area contributed by atoms with E-state index in [9.17, 15) is 4.79 Å². The molecule has 0 spiro atoms. The molecule has 8 nitrogen and oxygen atoms in total. The molecule has 2 aliphatic rings. The van der Waals surface area contributed by atoms with Gasteiger partial charge in [0.05, 0.1) is 19.1 Å². The number of aromatic nitrogens is 3. The monoisotopic (exact) mass is 385 g/mol. The molecule has 3 heterocycles. The Morgan fingerprint density at radius 1 is 1.18 bits per heavy atom. The third-order valence-corrected chi connectivity index (χ3v) is 5.22. The Hall–Kier alpha value is -2.74. The van der Waals surface area contributed by atoms with E-state index in [-0.39, 0.29) is 18.4 Å². The number of rotatable bonds is 3. The number of nitrogens with zero attached hydrogens (tertiary/aromatic N) is 5. The Balaban J connectivity index is 0.000000706. The van der Waals surface area contributed by atoms with Crippen LogP contribution in [0.1, 0.15) is 38.1 Å². The van der Waals surface area contributed by atoms with Gasteiger partial charge in [0.1, 0.15) is 0 Å². The third kappa shape index (κ3) is 4.56. The molecule has 0 saturated carbocycles. The average Bonchev–Trinajstić information content (AvgIpc) is 3.15. The van der Waals surface area contributed by atoms with Gasteiger partial charge in [-0.3, -0.25) is 14.5 Å². The van der Waals surface area contributed by atoms with Crippen LogP contribution in [-0.2, 0) is 16.1 Å². The highest BCUT2D eigenvalue weighted by Gasteiger charge is 2.30. The van der Waals surface area contributed by atoms with E-state index in [0.717, 1.165) is 36.8 Å². The Bertz CT molecular complexity index is 786. The standard InChI is InChI=1S/C19H25N5O.CH2O2/c1-15-12-23(18(25)14-22-10-6-3-7-11-22)13-17-20-21-19(24(15)17)16-8-4-2-5-9-16;2-1-3/h2,4-5,8-9,15H,3,6-7,10-14H2,1H3;1H,(H,2,3)/t15-;/m0./s1. The van der Waals surface area contributed by atoms with E-state index in [0.29, 0.717) is 13.1 Å². The third-order valence-electron chi connectivity index (χ3n) is 5.22. The maximum atomic E-state index is 12.7. The Morgan fingerprint density at radius 3 is 2.54 bits per heavy atom.